The quantitative estimate of drug-likeness (QED) is 0.733. The number of nitrogens with one attached hydrogen (secondary N) is 2. The van der Waals surface area contributed by atoms with E-state index in [1.165, 1.54) is 11.3 Å². The molecule has 0 aliphatic heterocycles. The zero-order valence-electron chi connectivity index (χ0n) is 6.97. The van der Waals surface area contributed by atoms with Gasteiger partial charge < -0.3 is 5.32 Å². The Balaban J connectivity index is 1.91. The van der Waals surface area contributed by atoms with Crippen molar-refractivity contribution in [2.24, 2.45) is 0 Å². The molecule has 0 saturated heterocycles. The van der Waals surface area contributed by atoms with Crippen molar-refractivity contribution in [1.29, 1.82) is 0 Å². The van der Waals surface area contributed by atoms with E-state index in [-0.39, 0.29) is 12.3 Å². The monoisotopic (exact) mass is 210 g/mol. The topological polar surface area (TPSA) is 96.5 Å². The van der Waals surface area contributed by atoms with Crippen molar-refractivity contribution in [2.45, 2.75) is 6.42 Å². The number of thiazole rings is 1. The molecule has 0 spiro atoms. The number of amides is 1. The second-order valence-corrected chi connectivity index (χ2v) is 3.28. The van der Waals surface area contributed by atoms with E-state index in [0.29, 0.717) is 11.0 Å². The number of aromatic nitrogens is 5. The van der Waals surface area contributed by atoms with Gasteiger partial charge in [0.2, 0.25) is 5.91 Å². The van der Waals surface area contributed by atoms with Gasteiger partial charge in [-0.1, -0.05) is 5.21 Å². The average molecular weight is 210 g/mol. The number of carbonyl (C=O) groups is 1. The van der Waals surface area contributed by atoms with E-state index in [1.807, 2.05) is 0 Å². The molecular weight excluding hydrogens is 204 g/mol. The van der Waals surface area contributed by atoms with Crippen molar-refractivity contribution >= 4 is 22.4 Å². The Labute approximate surface area is 82.6 Å². The lowest BCUT2D eigenvalue weighted by Crippen LogP contribution is -2.15. The highest BCUT2D eigenvalue weighted by atomic mass is 32.1. The van der Waals surface area contributed by atoms with Gasteiger partial charge in [-0.25, -0.2) is 4.98 Å². The molecule has 0 saturated carbocycles. The van der Waals surface area contributed by atoms with Crippen molar-refractivity contribution in [3.63, 3.8) is 0 Å². The number of tetrazole rings is 1. The van der Waals surface area contributed by atoms with Crippen LogP contribution in [0, 0.1) is 0 Å². The van der Waals surface area contributed by atoms with Crippen molar-refractivity contribution in [2.75, 3.05) is 5.32 Å². The lowest BCUT2D eigenvalue weighted by atomic mass is 10.4. The number of aromatic amines is 1. The lowest BCUT2D eigenvalue weighted by Gasteiger charge is -1.96. The molecule has 2 aromatic rings. The second kappa shape index (κ2) is 3.92. The van der Waals surface area contributed by atoms with Crippen molar-refractivity contribution in [3.8, 4) is 0 Å². The summed E-state index contributed by atoms with van der Waals surface area (Å²) in [6.07, 6.45) is 1.71. The van der Waals surface area contributed by atoms with E-state index in [0.717, 1.165) is 0 Å². The van der Waals surface area contributed by atoms with Gasteiger partial charge >= 0.3 is 0 Å². The van der Waals surface area contributed by atoms with E-state index in [4.69, 9.17) is 0 Å². The lowest BCUT2D eigenvalue weighted by molar-refractivity contribution is -0.115. The summed E-state index contributed by atoms with van der Waals surface area (Å²) in [5.74, 6) is 0.153. The van der Waals surface area contributed by atoms with E-state index in [1.54, 1.807) is 11.6 Å². The van der Waals surface area contributed by atoms with Crippen LogP contribution >= 0.6 is 11.3 Å². The Hall–Kier alpha value is -1.83. The maximum Gasteiger partial charge on any atom is 0.233 e. The number of rotatable bonds is 3. The van der Waals surface area contributed by atoms with Crippen molar-refractivity contribution < 1.29 is 4.79 Å². The first-order chi connectivity index (χ1) is 6.84. The molecule has 0 atom stereocenters. The zero-order chi connectivity index (χ0) is 9.80. The number of carbonyl (C=O) groups excluding carboxylic acids is 1. The van der Waals surface area contributed by atoms with E-state index in [2.05, 4.69) is 30.9 Å². The van der Waals surface area contributed by atoms with E-state index < -0.39 is 0 Å². The maximum atomic E-state index is 11.3. The summed E-state index contributed by atoms with van der Waals surface area (Å²) in [6, 6.07) is 0. The Bertz CT molecular complexity index is 358. The van der Waals surface area contributed by atoms with Crippen LogP contribution in [-0.2, 0) is 11.2 Å². The molecule has 7 nitrogen and oxygen atoms in total. The van der Waals surface area contributed by atoms with Crippen LogP contribution in [0.2, 0.25) is 0 Å². The summed E-state index contributed by atoms with van der Waals surface area (Å²) in [6.45, 7) is 0. The van der Waals surface area contributed by atoms with Crippen LogP contribution in [0.25, 0.3) is 0 Å². The second-order valence-electron chi connectivity index (χ2n) is 2.39. The van der Waals surface area contributed by atoms with Crippen LogP contribution < -0.4 is 5.32 Å². The minimum atomic E-state index is -0.207. The summed E-state index contributed by atoms with van der Waals surface area (Å²) in [5.41, 5.74) is 0. The highest BCUT2D eigenvalue weighted by Crippen LogP contribution is 2.10. The van der Waals surface area contributed by atoms with E-state index in [9.17, 15) is 4.79 Å². The smallest absolute Gasteiger partial charge is 0.233 e. The first kappa shape index (κ1) is 8.75. The standard InChI is InChI=1S/C6H6N6OS/c13-5(3-4-9-11-12-10-4)8-6-7-1-2-14-6/h1-2H,3H2,(H,7,8,13)(H,9,10,11,12). The van der Waals surface area contributed by atoms with Gasteiger partial charge in [-0.3, -0.25) is 4.79 Å². The molecule has 1 amide bonds. The molecule has 0 aliphatic rings. The van der Waals surface area contributed by atoms with Gasteiger partial charge in [-0.2, -0.15) is 5.21 Å². The molecule has 0 aliphatic carbocycles. The van der Waals surface area contributed by atoms with Crippen LogP contribution in [-0.4, -0.2) is 31.5 Å². The summed E-state index contributed by atoms with van der Waals surface area (Å²) in [7, 11) is 0. The predicted octanol–water partition coefficient (Wildman–Crippen LogP) is -0.163. The SMILES string of the molecule is O=C(Cc1nn[nH]n1)Nc1nccs1. The van der Waals surface area contributed by atoms with Gasteiger partial charge in [0.25, 0.3) is 0 Å². The summed E-state index contributed by atoms with van der Waals surface area (Å²) in [4.78, 5) is 15.2. The normalized spacial score (nSPS) is 10.0. The predicted molar refractivity (Wildman–Crippen MR) is 48.6 cm³/mol. The van der Waals surface area contributed by atoms with Gasteiger partial charge in [0, 0.05) is 11.6 Å². The molecule has 0 unspecified atom stereocenters. The highest BCUT2D eigenvalue weighted by molar-refractivity contribution is 7.13. The van der Waals surface area contributed by atoms with Gasteiger partial charge in [-0.15, -0.1) is 21.5 Å². The fourth-order valence-corrected chi connectivity index (χ4v) is 1.39. The largest absolute Gasteiger partial charge is 0.302 e. The first-order valence-electron chi connectivity index (χ1n) is 3.76. The Kier molecular flexibility index (Phi) is 2.45. The third-order valence-corrected chi connectivity index (χ3v) is 2.08. The highest BCUT2D eigenvalue weighted by Gasteiger charge is 2.08. The molecule has 0 fully saturated rings. The molecule has 2 N–H and O–H groups in total. The zero-order valence-corrected chi connectivity index (χ0v) is 7.78. The molecule has 72 valence electrons. The van der Waals surface area contributed by atoms with E-state index >= 15 is 0 Å². The molecule has 14 heavy (non-hydrogen) atoms. The molecule has 0 bridgehead atoms. The molecular formula is C6H6N6OS. The van der Waals surface area contributed by atoms with Crippen LogP contribution in [0.15, 0.2) is 11.6 Å². The molecule has 0 radical (unpaired) electrons. The fraction of sp³-hybridized carbons (Fsp3) is 0.167. The number of hydrogen-bond acceptors (Lipinski definition) is 6. The summed E-state index contributed by atoms with van der Waals surface area (Å²) < 4.78 is 0. The summed E-state index contributed by atoms with van der Waals surface area (Å²) in [5, 5.41) is 17.9. The number of anilines is 1. The van der Waals surface area contributed by atoms with Gasteiger partial charge in [0.1, 0.15) is 0 Å². The molecule has 2 aromatic heterocycles. The number of H-pyrrole nitrogens is 1. The third kappa shape index (κ3) is 2.10. The van der Waals surface area contributed by atoms with Gasteiger partial charge in [0.05, 0.1) is 6.42 Å². The van der Waals surface area contributed by atoms with Crippen LogP contribution in [0.5, 0.6) is 0 Å². The Morgan fingerprint density at radius 3 is 3.21 bits per heavy atom. The van der Waals surface area contributed by atoms with Crippen molar-refractivity contribution in [1.82, 2.24) is 25.6 Å². The first-order valence-corrected chi connectivity index (χ1v) is 4.64. The fourth-order valence-electron chi connectivity index (χ4n) is 0.850. The van der Waals surface area contributed by atoms with Gasteiger partial charge in [0.15, 0.2) is 11.0 Å². The molecule has 8 heteroatoms. The minimum Gasteiger partial charge on any atom is -0.302 e. The Morgan fingerprint density at radius 1 is 1.64 bits per heavy atom. The molecule has 0 aromatic carbocycles. The molecule has 2 rings (SSSR count). The van der Waals surface area contributed by atoms with Crippen molar-refractivity contribution in [3.05, 3.63) is 17.4 Å². The minimum absolute atomic E-state index is 0.0933. The van der Waals surface area contributed by atoms with Crippen LogP contribution in [0.3, 0.4) is 0 Å². The number of hydrogen-bond donors (Lipinski definition) is 2. The Morgan fingerprint density at radius 2 is 2.57 bits per heavy atom. The van der Waals surface area contributed by atoms with Gasteiger partial charge in [-0.05, 0) is 0 Å². The summed E-state index contributed by atoms with van der Waals surface area (Å²) >= 11 is 1.36. The van der Waals surface area contributed by atoms with Crippen LogP contribution in [0.1, 0.15) is 5.82 Å². The van der Waals surface area contributed by atoms with Crippen LogP contribution in [0.4, 0.5) is 5.13 Å². The maximum absolute atomic E-state index is 11.3. The molecule has 2 heterocycles. The average Bonchev–Trinajstić information content (AvgIpc) is 2.76. The third-order valence-electron chi connectivity index (χ3n) is 1.39. The number of nitrogens with zero attached hydrogens (tertiary/aromatic N) is 4.